The second-order valence-corrected chi connectivity index (χ2v) is 7.59. The standard InChI is InChI=1S/C22H20FN3O3/c1-2-14-17(6-5-16-19(14)22(28)24-21(16)27)26-9-7-12(8-10-26)20-15-4-3-13(23)11-18(15)29-25-20/h3-6,11-12H,2,7-10H2,1H3,(H,24,27,28). The molecule has 0 atom stereocenters. The second kappa shape index (κ2) is 6.69. The molecule has 2 aliphatic rings. The summed E-state index contributed by atoms with van der Waals surface area (Å²) in [6, 6.07) is 8.22. The summed E-state index contributed by atoms with van der Waals surface area (Å²) < 4.78 is 18.7. The molecular weight excluding hydrogens is 373 g/mol. The SMILES string of the molecule is CCc1c(N2CCC(c3noc4cc(F)ccc34)CC2)ccc2c1C(=O)NC2=O. The molecule has 0 unspecified atom stereocenters. The number of anilines is 1. The Morgan fingerprint density at radius 2 is 1.97 bits per heavy atom. The van der Waals surface area contributed by atoms with Gasteiger partial charge in [-0.1, -0.05) is 12.1 Å². The highest BCUT2D eigenvalue weighted by Crippen LogP contribution is 2.37. The highest BCUT2D eigenvalue weighted by atomic mass is 19.1. The Balaban J connectivity index is 1.40. The molecule has 1 N–H and O–H groups in total. The smallest absolute Gasteiger partial charge is 0.259 e. The molecule has 0 aliphatic carbocycles. The number of aromatic nitrogens is 1. The number of carbonyl (C=O) groups is 2. The lowest BCUT2D eigenvalue weighted by atomic mass is 9.90. The summed E-state index contributed by atoms with van der Waals surface area (Å²) in [5.41, 5.74) is 4.28. The number of halogens is 1. The van der Waals surface area contributed by atoms with Crippen LogP contribution in [0.4, 0.5) is 10.1 Å². The molecule has 7 heteroatoms. The number of carbonyl (C=O) groups excluding carboxylic acids is 2. The average Bonchev–Trinajstić information content (AvgIpc) is 3.27. The maximum Gasteiger partial charge on any atom is 0.259 e. The lowest BCUT2D eigenvalue weighted by molar-refractivity contribution is 0.0879. The maximum atomic E-state index is 13.4. The molecule has 0 radical (unpaired) electrons. The number of imide groups is 1. The Bertz CT molecular complexity index is 1150. The summed E-state index contributed by atoms with van der Waals surface area (Å²) in [4.78, 5) is 26.5. The number of hydrogen-bond acceptors (Lipinski definition) is 5. The molecular formula is C22H20FN3O3. The van der Waals surface area contributed by atoms with E-state index in [1.807, 2.05) is 13.0 Å². The first kappa shape index (κ1) is 17.8. The van der Waals surface area contributed by atoms with E-state index in [0.717, 1.165) is 48.3 Å². The summed E-state index contributed by atoms with van der Waals surface area (Å²) in [6.45, 7) is 3.62. The number of amides is 2. The van der Waals surface area contributed by atoms with Crippen LogP contribution in [-0.4, -0.2) is 30.1 Å². The molecule has 2 amide bonds. The fraction of sp³-hybridized carbons (Fsp3) is 0.318. The van der Waals surface area contributed by atoms with Crippen LogP contribution in [0.1, 0.15) is 57.7 Å². The number of rotatable bonds is 3. The second-order valence-electron chi connectivity index (χ2n) is 7.59. The van der Waals surface area contributed by atoms with E-state index in [1.165, 1.54) is 12.1 Å². The van der Waals surface area contributed by atoms with Crippen molar-refractivity contribution in [2.75, 3.05) is 18.0 Å². The lowest BCUT2D eigenvalue weighted by Gasteiger charge is -2.34. The molecule has 5 rings (SSSR count). The Labute approximate surface area is 166 Å². The van der Waals surface area contributed by atoms with Gasteiger partial charge in [-0.15, -0.1) is 0 Å². The molecule has 3 aromatic rings. The van der Waals surface area contributed by atoms with Crippen molar-refractivity contribution in [2.24, 2.45) is 0 Å². The highest BCUT2D eigenvalue weighted by Gasteiger charge is 2.32. The third-order valence-corrected chi connectivity index (χ3v) is 6.02. The molecule has 6 nitrogen and oxygen atoms in total. The van der Waals surface area contributed by atoms with E-state index in [2.05, 4.69) is 15.4 Å². The van der Waals surface area contributed by atoms with Crippen LogP contribution >= 0.6 is 0 Å². The Morgan fingerprint density at radius 3 is 2.72 bits per heavy atom. The molecule has 3 heterocycles. The van der Waals surface area contributed by atoms with Crippen LogP contribution in [0.3, 0.4) is 0 Å². The van der Waals surface area contributed by atoms with Crippen molar-refractivity contribution in [3.8, 4) is 0 Å². The Morgan fingerprint density at radius 1 is 1.17 bits per heavy atom. The fourth-order valence-electron chi connectivity index (χ4n) is 4.59. The van der Waals surface area contributed by atoms with Gasteiger partial charge < -0.3 is 9.42 Å². The van der Waals surface area contributed by atoms with Crippen molar-refractivity contribution in [1.29, 1.82) is 0 Å². The number of hydrogen-bond donors (Lipinski definition) is 1. The van der Waals surface area contributed by atoms with Gasteiger partial charge in [0, 0.05) is 36.1 Å². The molecule has 2 aliphatic heterocycles. The minimum atomic E-state index is -0.332. The largest absolute Gasteiger partial charge is 0.371 e. The number of nitrogens with zero attached hydrogens (tertiary/aromatic N) is 2. The van der Waals surface area contributed by atoms with Gasteiger partial charge in [0.05, 0.1) is 16.8 Å². The third-order valence-electron chi connectivity index (χ3n) is 6.02. The van der Waals surface area contributed by atoms with Crippen molar-refractivity contribution in [3.05, 3.63) is 58.5 Å². The first-order chi connectivity index (χ1) is 14.1. The average molecular weight is 393 g/mol. The van der Waals surface area contributed by atoms with Crippen molar-refractivity contribution in [2.45, 2.75) is 32.1 Å². The van der Waals surface area contributed by atoms with Gasteiger partial charge in [-0.25, -0.2) is 4.39 Å². The van der Waals surface area contributed by atoms with Crippen molar-refractivity contribution >= 4 is 28.5 Å². The van der Waals surface area contributed by atoms with Gasteiger partial charge in [-0.2, -0.15) is 0 Å². The zero-order valence-corrected chi connectivity index (χ0v) is 16.0. The van der Waals surface area contributed by atoms with Crippen LogP contribution in [0.15, 0.2) is 34.9 Å². The van der Waals surface area contributed by atoms with Crippen LogP contribution in [0.25, 0.3) is 11.0 Å². The zero-order valence-electron chi connectivity index (χ0n) is 16.0. The quantitative estimate of drug-likeness (QED) is 0.685. The first-order valence-electron chi connectivity index (χ1n) is 9.88. The van der Waals surface area contributed by atoms with E-state index in [0.29, 0.717) is 23.1 Å². The number of nitrogens with one attached hydrogen (secondary N) is 1. The monoisotopic (exact) mass is 393 g/mol. The first-order valence-corrected chi connectivity index (χ1v) is 9.88. The van der Waals surface area contributed by atoms with E-state index in [4.69, 9.17) is 4.52 Å². The normalized spacial score (nSPS) is 17.1. The molecule has 0 bridgehead atoms. The minimum absolute atomic E-state index is 0.238. The molecule has 1 aromatic heterocycles. The van der Waals surface area contributed by atoms with Crippen molar-refractivity contribution in [1.82, 2.24) is 10.5 Å². The predicted octanol–water partition coefficient (Wildman–Crippen LogP) is 3.80. The van der Waals surface area contributed by atoms with Crippen LogP contribution in [0.5, 0.6) is 0 Å². The van der Waals surface area contributed by atoms with Gasteiger partial charge in [0.25, 0.3) is 11.8 Å². The minimum Gasteiger partial charge on any atom is -0.371 e. The Hall–Kier alpha value is -3.22. The van der Waals surface area contributed by atoms with E-state index in [1.54, 1.807) is 12.1 Å². The van der Waals surface area contributed by atoms with E-state index in [9.17, 15) is 14.0 Å². The highest BCUT2D eigenvalue weighted by molar-refractivity contribution is 6.22. The summed E-state index contributed by atoms with van der Waals surface area (Å²) >= 11 is 0. The topological polar surface area (TPSA) is 75.4 Å². The summed E-state index contributed by atoms with van der Waals surface area (Å²) in [5.74, 6) is -0.720. The van der Waals surface area contributed by atoms with Gasteiger partial charge in [0.15, 0.2) is 5.58 Å². The number of benzene rings is 2. The molecule has 1 saturated heterocycles. The van der Waals surface area contributed by atoms with Crippen LogP contribution in [-0.2, 0) is 6.42 Å². The lowest BCUT2D eigenvalue weighted by Crippen LogP contribution is -2.34. The van der Waals surface area contributed by atoms with Crippen LogP contribution < -0.4 is 10.2 Å². The Kier molecular flexibility index (Phi) is 4.12. The summed E-state index contributed by atoms with van der Waals surface area (Å²) in [5, 5.41) is 7.47. The molecule has 0 saturated carbocycles. The van der Waals surface area contributed by atoms with Crippen LogP contribution in [0, 0.1) is 5.82 Å². The predicted molar refractivity (Wildman–Crippen MR) is 106 cm³/mol. The maximum absolute atomic E-state index is 13.4. The molecule has 0 spiro atoms. The van der Waals surface area contributed by atoms with Gasteiger partial charge in [0.2, 0.25) is 0 Å². The summed E-state index contributed by atoms with van der Waals surface area (Å²) in [7, 11) is 0. The molecule has 29 heavy (non-hydrogen) atoms. The van der Waals surface area contributed by atoms with Gasteiger partial charge >= 0.3 is 0 Å². The number of fused-ring (bicyclic) bond motifs is 2. The van der Waals surface area contributed by atoms with Gasteiger partial charge in [0.1, 0.15) is 5.82 Å². The van der Waals surface area contributed by atoms with Gasteiger partial charge in [-0.05, 0) is 49.1 Å². The van der Waals surface area contributed by atoms with Crippen molar-refractivity contribution in [3.63, 3.8) is 0 Å². The molecule has 1 fully saturated rings. The van der Waals surface area contributed by atoms with E-state index < -0.39 is 0 Å². The zero-order chi connectivity index (χ0) is 20.1. The molecule has 2 aromatic carbocycles. The fourth-order valence-corrected chi connectivity index (χ4v) is 4.59. The third kappa shape index (κ3) is 2.80. The van der Waals surface area contributed by atoms with Crippen LogP contribution in [0.2, 0.25) is 0 Å². The van der Waals surface area contributed by atoms with Gasteiger partial charge in [-0.3, -0.25) is 14.9 Å². The number of piperidine rings is 1. The van der Waals surface area contributed by atoms with Crippen molar-refractivity contribution < 1.29 is 18.5 Å². The summed E-state index contributed by atoms with van der Waals surface area (Å²) in [6.07, 6.45) is 2.44. The molecule has 148 valence electrons. The van der Waals surface area contributed by atoms with E-state index >= 15 is 0 Å². The van der Waals surface area contributed by atoms with E-state index in [-0.39, 0.29) is 23.5 Å².